The van der Waals surface area contributed by atoms with Gasteiger partial charge in [0.2, 0.25) is 11.6 Å². The second kappa shape index (κ2) is 12.9. The highest BCUT2D eigenvalue weighted by Crippen LogP contribution is 2.35. The van der Waals surface area contributed by atoms with Crippen molar-refractivity contribution in [3.63, 3.8) is 0 Å². The number of hydrogen-bond acceptors (Lipinski definition) is 5. The number of aryl methyl sites for hydroxylation is 1. The van der Waals surface area contributed by atoms with Crippen LogP contribution in [0.3, 0.4) is 0 Å². The molecule has 0 radical (unpaired) electrons. The normalized spacial score (nSPS) is 18.4. The van der Waals surface area contributed by atoms with Crippen LogP contribution in [-0.2, 0) is 16.0 Å². The number of hydrogen-bond donors (Lipinski definition) is 1. The highest BCUT2D eigenvalue weighted by molar-refractivity contribution is 5.87. The molecule has 0 unspecified atom stereocenters. The van der Waals surface area contributed by atoms with Gasteiger partial charge in [0.15, 0.2) is 0 Å². The summed E-state index contributed by atoms with van der Waals surface area (Å²) in [6.07, 6.45) is 5.48. The maximum atomic E-state index is 13.9. The summed E-state index contributed by atoms with van der Waals surface area (Å²) in [6.45, 7) is 12.1. The molecule has 0 spiro atoms. The summed E-state index contributed by atoms with van der Waals surface area (Å²) in [5.74, 6) is 1.15. The van der Waals surface area contributed by atoms with E-state index in [-0.39, 0.29) is 11.8 Å². The highest BCUT2D eigenvalue weighted by atomic mass is 16.6. The number of alkyl carbamates (subject to hydrolysis) is 1. The van der Waals surface area contributed by atoms with Crippen LogP contribution in [0.15, 0.2) is 66.7 Å². The standard InChI is InChI=1S/C31H42N2O5/c1-7-24-15-11-12-18-26(24)36-22-14-20-31(37-25-16-9-8-10-17-25)19-13-21-33(31)28(34)27(23(2)3)32-29(35)38-30(4,5)6/h8-12,14-18,20,23,27H,7,13,19,21-22H2,1-6H3,(H,32,35)/b20-14+/t27-,31-/m0/s1. The van der Waals surface area contributed by atoms with Crippen molar-refractivity contribution in [3.05, 3.63) is 72.3 Å². The first kappa shape index (κ1) is 29.1. The Morgan fingerprint density at radius 3 is 2.42 bits per heavy atom. The molecule has 0 aromatic heterocycles. The van der Waals surface area contributed by atoms with Crippen LogP contribution in [-0.4, -0.2) is 47.4 Å². The zero-order chi connectivity index (χ0) is 27.8. The van der Waals surface area contributed by atoms with E-state index in [1.807, 2.05) is 74.5 Å². The van der Waals surface area contributed by atoms with Crippen molar-refractivity contribution >= 4 is 12.0 Å². The van der Waals surface area contributed by atoms with Gasteiger partial charge in [-0.15, -0.1) is 0 Å². The molecule has 7 heteroatoms. The van der Waals surface area contributed by atoms with Crippen LogP contribution >= 0.6 is 0 Å². The minimum absolute atomic E-state index is 0.150. The summed E-state index contributed by atoms with van der Waals surface area (Å²) < 4.78 is 18.0. The largest absolute Gasteiger partial charge is 0.489 e. The molecule has 206 valence electrons. The summed E-state index contributed by atoms with van der Waals surface area (Å²) in [5, 5.41) is 2.80. The van der Waals surface area contributed by atoms with E-state index in [9.17, 15) is 9.59 Å². The first-order chi connectivity index (χ1) is 18.0. The lowest BCUT2D eigenvalue weighted by molar-refractivity contribution is -0.146. The number of amides is 2. The van der Waals surface area contributed by atoms with Crippen molar-refractivity contribution in [1.29, 1.82) is 0 Å². The number of carbonyl (C=O) groups is 2. The molecule has 1 aliphatic heterocycles. The van der Waals surface area contributed by atoms with E-state index in [0.717, 1.165) is 24.2 Å². The third kappa shape index (κ3) is 7.76. The molecule has 38 heavy (non-hydrogen) atoms. The van der Waals surface area contributed by atoms with E-state index in [4.69, 9.17) is 14.2 Å². The van der Waals surface area contributed by atoms with E-state index in [1.54, 1.807) is 25.7 Å². The van der Waals surface area contributed by atoms with Gasteiger partial charge in [0, 0.05) is 13.0 Å². The second-order valence-electron chi connectivity index (χ2n) is 10.9. The van der Waals surface area contributed by atoms with Crippen molar-refractivity contribution < 1.29 is 23.8 Å². The third-order valence-corrected chi connectivity index (χ3v) is 6.35. The SMILES string of the molecule is CCc1ccccc1OC/C=C/[C@@]1(Oc2ccccc2)CCCN1C(=O)[C@@H](NC(=O)OC(C)(C)C)C(C)C. The molecular formula is C31H42N2O5. The predicted octanol–water partition coefficient (Wildman–Crippen LogP) is 6.13. The molecule has 2 amide bonds. The van der Waals surface area contributed by atoms with E-state index >= 15 is 0 Å². The average Bonchev–Trinajstić information content (AvgIpc) is 3.27. The lowest BCUT2D eigenvalue weighted by Gasteiger charge is -2.39. The molecule has 3 rings (SSSR count). The number of rotatable bonds is 10. The van der Waals surface area contributed by atoms with Gasteiger partial charge >= 0.3 is 6.09 Å². The quantitative estimate of drug-likeness (QED) is 0.380. The summed E-state index contributed by atoms with van der Waals surface area (Å²) in [4.78, 5) is 28.3. The smallest absolute Gasteiger partial charge is 0.408 e. The maximum absolute atomic E-state index is 13.9. The van der Waals surface area contributed by atoms with Crippen LogP contribution < -0.4 is 14.8 Å². The fourth-order valence-corrected chi connectivity index (χ4v) is 4.54. The summed E-state index contributed by atoms with van der Waals surface area (Å²) >= 11 is 0. The van der Waals surface area contributed by atoms with Crippen molar-refractivity contribution in [3.8, 4) is 11.5 Å². The minimum atomic E-state index is -1.01. The molecule has 2 aromatic carbocycles. The number of ether oxygens (including phenoxy) is 3. The van der Waals surface area contributed by atoms with Gasteiger partial charge < -0.3 is 19.5 Å². The lowest BCUT2D eigenvalue weighted by atomic mass is 10.0. The zero-order valence-electron chi connectivity index (χ0n) is 23.5. The predicted molar refractivity (Wildman–Crippen MR) is 149 cm³/mol. The van der Waals surface area contributed by atoms with Crippen molar-refractivity contribution in [1.82, 2.24) is 10.2 Å². The van der Waals surface area contributed by atoms with E-state index in [1.165, 1.54) is 0 Å². The Bertz CT molecular complexity index is 1090. The molecule has 1 heterocycles. The maximum Gasteiger partial charge on any atom is 0.408 e. The van der Waals surface area contributed by atoms with Crippen LogP contribution in [0.2, 0.25) is 0 Å². The first-order valence-corrected chi connectivity index (χ1v) is 13.5. The Balaban J connectivity index is 1.85. The Morgan fingerprint density at radius 2 is 1.76 bits per heavy atom. The van der Waals surface area contributed by atoms with E-state index in [2.05, 4.69) is 18.3 Å². The van der Waals surface area contributed by atoms with Crippen LogP contribution in [0.1, 0.15) is 59.9 Å². The minimum Gasteiger partial charge on any atom is -0.489 e. The molecule has 1 N–H and O–H groups in total. The van der Waals surface area contributed by atoms with Crippen LogP contribution in [0, 0.1) is 5.92 Å². The topological polar surface area (TPSA) is 77.1 Å². The Hall–Kier alpha value is -3.48. The third-order valence-electron chi connectivity index (χ3n) is 6.35. The van der Waals surface area contributed by atoms with Gasteiger partial charge in [0.05, 0.1) is 0 Å². The molecule has 0 bridgehead atoms. The number of likely N-dealkylation sites (tertiary alicyclic amines) is 1. The summed E-state index contributed by atoms with van der Waals surface area (Å²) in [7, 11) is 0. The molecule has 0 saturated carbocycles. The van der Waals surface area contributed by atoms with Gasteiger partial charge in [-0.3, -0.25) is 9.69 Å². The van der Waals surface area contributed by atoms with Gasteiger partial charge in [0.1, 0.15) is 29.7 Å². The molecule has 0 aliphatic carbocycles. The van der Waals surface area contributed by atoms with Crippen molar-refractivity contribution in [2.45, 2.75) is 78.2 Å². The van der Waals surface area contributed by atoms with E-state index < -0.39 is 23.5 Å². The number of benzene rings is 2. The average molecular weight is 523 g/mol. The highest BCUT2D eigenvalue weighted by Gasteiger charge is 2.46. The van der Waals surface area contributed by atoms with Crippen molar-refractivity contribution in [2.24, 2.45) is 5.92 Å². The summed E-state index contributed by atoms with van der Waals surface area (Å²) in [5.41, 5.74) is -0.530. The fourth-order valence-electron chi connectivity index (χ4n) is 4.54. The van der Waals surface area contributed by atoms with Crippen LogP contribution in [0.4, 0.5) is 4.79 Å². The lowest BCUT2D eigenvalue weighted by Crippen LogP contribution is -2.58. The van der Waals surface area contributed by atoms with Crippen LogP contribution in [0.25, 0.3) is 0 Å². The Labute approximate surface area is 227 Å². The van der Waals surface area contributed by atoms with E-state index in [0.29, 0.717) is 25.3 Å². The number of para-hydroxylation sites is 2. The monoisotopic (exact) mass is 522 g/mol. The second-order valence-corrected chi connectivity index (χ2v) is 10.9. The zero-order valence-corrected chi connectivity index (χ0v) is 23.5. The molecular weight excluding hydrogens is 480 g/mol. The van der Waals surface area contributed by atoms with Gasteiger partial charge in [-0.1, -0.05) is 57.2 Å². The van der Waals surface area contributed by atoms with Gasteiger partial charge in [-0.25, -0.2) is 4.79 Å². The number of carbonyl (C=O) groups excluding carboxylic acids is 2. The van der Waals surface area contributed by atoms with Gasteiger partial charge in [-0.05, 0) is 75.4 Å². The van der Waals surface area contributed by atoms with Crippen molar-refractivity contribution in [2.75, 3.05) is 13.2 Å². The molecule has 1 aliphatic rings. The fraction of sp³-hybridized carbons (Fsp3) is 0.484. The molecule has 7 nitrogen and oxygen atoms in total. The summed E-state index contributed by atoms with van der Waals surface area (Å²) in [6, 6.07) is 16.7. The number of nitrogens with zero attached hydrogens (tertiary/aromatic N) is 1. The molecule has 1 fully saturated rings. The molecule has 1 saturated heterocycles. The van der Waals surface area contributed by atoms with Gasteiger partial charge in [0.25, 0.3) is 0 Å². The first-order valence-electron chi connectivity index (χ1n) is 13.5. The van der Waals surface area contributed by atoms with Gasteiger partial charge in [-0.2, -0.15) is 0 Å². The Morgan fingerprint density at radius 1 is 1.08 bits per heavy atom. The molecule has 2 aromatic rings. The number of nitrogens with one attached hydrogen (secondary N) is 1. The Kier molecular flexibility index (Phi) is 9.84. The molecule has 2 atom stereocenters. The van der Waals surface area contributed by atoms with Crippen LogP contribution in [0.5, 0.6) is 11.5 Å².